The molecule has 0 aliphatic carbocycles. The standard InChI is InChI=1S/C18H15NO7S2.2Na/c1-11-7-14(27(21,22)23)8-13-9-15(28(24,25)26)10-16(17(11)13)19-18(20)12-5-3-2-4-6-12;;/h2-10H,1H3,(H,19,20)(H,21,22,23)(H,24,25,26);;/q;2*+1/p-2. The molecule has 3 aromatic carbocycles. The van der Waals surface area contributed by atoms with Crippen LogP contribution in [0.3, 0.4) is 0 Å². The summed E-state index contributed by atoms with van der Waals surface area (Å²) in [5.41, 5.74) is 0.612. The van der Waals surface area contributed by atoms with Crippen molar-refractivity contribution in [3.8, 4) is 0 Å². The summed E-state index contributed by atoms with van der Waals surface area (Å²) in [6, 6.07) is 12.1. The van der Waals surface area contributed by atoms with Crippen LogP contribution < -0.4 is 64.4 Å². The van der Waals surface area contributed by atoms with Crippen molar-refractivity contribution in [1.82, 2.24) is 0 Å². The summed E-state index contributed by atoms with van der Waals surface area (Å²) >= 11 is 0. The summed E-state index contributed by atoms with van der Waals surface area (Å²) in [5.74, 6) is -0.553. The number of rotatable bonds is 4. The quantitative estimate of drug-likeness (QED) is 0.308. The minimum Gasteiger partial charge on any atom is -0.744 e. The molecule has 0 bridgehead atoms. The Morgan fingerprint density at radius 1 is 0.833 bits per heavy atom. The number of benzene rings is 3. The third-order valence-electron chi connectivity index (χ3n) is 4.05. The van der Waals surface area contributed by atoms with Gasteiger partial charge in [-0.3, -0.25) is 4.79 Å². The fourth-order valence-corrected chi connectivity index (χ4v) is 3.97. The Hall–Kier alpha value is -0.790. The number of fused-ring (bicyclic) bond motifs is 1. The molecule has 3 rings (SSSR count). The number of nitrogens with one attached hydrogen (secondary N) is 1. The van der Waals surface area contributed by atoms with Gasteiger partial charge in [0.2, 0.25) is 0 Å². The molecule has 1 N–H and O–H groups in total. The molecule has 0 unspecified atom stereocenters. The maximum absolute atomic E-state index is 12.5. The Morgan fingerprint density at radius 2 is 1.33 bits per heavy atom. The Morgan fingerprint density at radius 3 is 1.83 bits per heavy atom. The average molecular weight is 465 g/mol. The largest absolute Gasteiger partial charge is 1.00 e. The van der Waals surface area contributed by atoms with E-state index in [-0.39, 0.29) is 70.2 Å². The number of amides is 1. The Labute approximate surface area is 218 Å². The number of aryl methyl sites for hydroxylation is 1. The van der Waals surface area contributed by atoms with Crippen LogP contribution in [-0.2, 0) is 20.2 Å². The summed E-state index contributed by atoms with van der Waals surface area (Å²) in [7, 11) is -9.72. The molecule has 0 atom stereocenters. The summed E-state index contributed by atoms with van der Waals surface area (Å²) in [5, 5.41) is 2.88. The van der Waals surface area contributed by atoms with Gasteiger partial charge in [0.1, 0.15) is 20.2 Å². The van der Waals surface area contributed by atoms with E-state index >= 15 is 0 Å². The normalized spacial score (nSPS) is 11.3. The third kappa shape index (κ3) is 6.13. The van der Waals surface area contributed by atoms with E-state index in [4.69, 9.17) is 0 Å². The van der Waals surface area contributed by atoms with Gasteiger partial charge in [0.25, 0.3) is 5.91 Å². The van der Waals surface area contributed by atoms with E-state index in [1.54, 1.807) is 30.3 Å². The van der Waals surface area contributed by atoms with Crippen molar-refractivity contribution in [1.29, 1.82) is 0 Å². The van der Waals surface area contributed by atoms with Crippen molar-refractivity contribution in [2.45, 2.75) is 16.7 Å². The van der Waals surface area contributed by atoms with Crippen LogP contribution in [0.5, 0.6) is 0 Å². The summed E-state index contributed by atoms with van der Waals surface area (Å²) in [6.45, 7) is 1.50. The van der Waals surface area contributed by atoms with Gasteiger partial charge in [-0.25, -0.2) is 16.8 Å². The molecule has 8 nitrogen and oxygen atoms in total. The number of anilines is 1. The first-order valence-electron chi connectivity index (χ1n) is 7.83. The van der Waals surface area contributed by atoms with E-state index in [1.165, 1.54) is 6.92 Å². The van der Waals surface area contributed by atoms with Gasteiger partial charge in [-0.15, -0.1) is 0 Å². The smallest absolute Gasteiger partial charge is 0.744 e. The zero-order valence-electron chi connectivity index (χ0n) is 16.4. The van der Waals surface area contributed by atoms with Crippen LogP contribution in [0.2, 0.25) is 0 Å². The molecule has 3 aromatic rings. The second kappa shape index (κ2) is 10.2. The van der Waals surface area contributed by atoms with Crippen LogP contribution >= 0.6 is 0 Å². The van der Waals surface area contributed by atoms with Gasteiger partial charge < -0.3 is 14.4 Å². The second-order valence-corrected chi connectivity index (χ2v) is 8.80. The van der Waals surface area contributed by atoms with Crippen LogP contribution in [0.25, 0.3) is 10.8 Å². The van der Waals surface area contributed by atoms with Gasteiger partial charge in [0, 0.05) is 10.9 Å². The topological polar surface area (TPSA) is 144 Å². The predicted molar refractivity (Wildman–Crippen MR) is 99.0 cm³/mol. The van der Waals surface area contributed by atoms with E-state index < -0.39 is 35.9 Å². The molecular weight excluding hydrogens is 452 g/mol. The van der Waals surface area contributed by atoms with Crippen LogP contribution in [0, 0.1) is 6.92 Å². The van der Waals surface area contributed by atoms with Crippen molar-refractivity contribution in [3.63, 3.8) is 0 Å². The van der Waals surface area contributed by atoms with Crippen LogP contribution in [-0.4, -0.2) is 31.8 Å². The van der Waals surface area contributed by atoms with Crippen LogP contribution in [0.4, 0.5) is 5.69 Å². The van der Waals surface area contributed by atoms with Crippen molar-refractivity contribution in [2.75, 3.05) is 5.32 Å². The van der Waals surface area contributed by atoms with Gasteiger partial charge in [-0.1, -0.05) is 18.2 Å². The van der Waals surface area contributed by atoms with Crippen molar-refractivity contribution in [2.24, 2.45) is 0 Å². The molecular formula is C18H13NNa2O7S2. The molecule has 0 aliphatic rings. The summed E-state index contributed by atoms with van der Waals surface area (Å²) in [4.78, 5) is 11.2. The number of hydrogen-bond donors (Lipinski definition) is 1. The molecule has 0 aromatic heterocycles. The Kier molecular flexibility index (Phi) is 9.28. The monoisotopic (exact) mass is 465 g/mol. The molecule has 0 aliphatic heterocycles. The molecule has 146 valence electrons. The molecule has 30 heavy (non-hydrogen) atoms. The minimum absolute atomic E-state index is 0. The fourth-order valence-electron chi connectivity index (χ4n) is 2.84. The molecule has 0 fully saturated rings. The molecule has 0 radical (unpaired) electrons. The summed E-state index contributed by atoms with van der Waals surface area (Å²) in [6.07, 6.45) is 0. The second-order valence-electron chi connectivity index (χ2n) is 6.04. The van der Waals surface area contributed by atoms with Gasteiger partial charge in [-0.2, -0.15) is 0 Å². The number of carbonyl (C=O) groups excluding carboxylic acids is 1. The van der Waals surface area contributed by atoms with E-state index in [9.17, 15) is 30.7 Å². The molecule has 0 saturated carbocycles. The maximum atomic E-state index is 12.5. The first kappa shape index (κ1) is 27.2. The molecule has 1 amide bonds. The maximum Gasteiger partial charge on any atom is 1.00 e. The SMILES string of the molecule is Cc1cc(S(=O)(=O)[O-])cc2cc(S(=O)(=O)[O-])cc(NC(=O)c3ccccc3)c12.[Na+].[Na+]. The number of hydrogen-bond acceptors (Lipinski definition) is 7. The zero-order valence-corrected chi connectivity index (χ0v) is 22.0. The van der Waals surface area contributed by atoms with E-state index in [2.05, 4.69) is 5.32 Å². The average Bonchev–Trinajstić information content (AvgIpc) is 2.60. The van der Waals surface area contributed by atoms with Gasteiger partial charge in [0.05, 0.1) is 15.5 Å². The number of carbonyl (C=O) groups is 1. The van der Waals surface area contributed by atoms with Crippen LogP contribution in [0.1, 0.15) is 15.9 Å². The van der Waals surface area contributed by atoms with Crippen molar-refractivity contribution >= 4 is 42.6 Å². The molecule has 0 spiro atoms. The minimum atomic E-state index is -4.91. The fraction of sp³-hybridized carbons (Fsp3) is 0.0556. The molecule has 12 heteroatoms. The first-order chi connectivity index (χ1) is 13.0. The molecule has 0 heterocycles. The van der Waals surface area contributed by atoms with E-state index in [0.29, 0.717) is 16.5 Å². The third-order valence-corrected chi connectivity index (χ3v) is 5.68. The Bertz CT molecular complexity index is 1300. The van der Waals surface area contributed by atoms with Crippen molar-refractivity contribution in [3.05, 3.63) is 65.7 Å². The predicted octanol–water partition coefficient (Wildman–Crippen LogP) is -3.78. The van der Waals surface area contributed by atoms with Gasteiger partial charge in [0.15, 0.2) is 0 Å². The van der Waals surface area contributed by atoms with Crippen molar-refractivity contribution < 1.29 is 89.9 Å². The van der Waals surface area contributed by atoms with Gasteiger partial charge >= 0.3 is 59.1 Å². The van der Waals surface area contributed by atoms with Gasteiger partial charge in [-0.05, 0) is 54.3 Å². The Balaban J connectivity index is 0.00000225. The van der Waals surface area contributed by atoms with E-state index in [1.807, 2.05) is 0 Å². The van der Waals surface area contributed by atoms with E-state index in [0.717, 1.165) is 24.3 Å². The zero-order chi connectivity index (χ0) is 20.7. The summed E-state index contributed by atoms with van der Waals surface area (Å²) < 4.78 is 68.6. The molecule has 0 saturated heterocycles. The van der Waals surface area contributed by atoms with Crippen LogP contribution in [0.15, 0.2) is 64.4 Å². The first-order valence-corrected chi connectivity index (χ1v) is 10.6.